The molecule has 0 spiro atoms. The zero-order valence-corrected chi connectivity index (χ0v) is 8.77. The molecule has 1 aromatic heterocycles. The molecular weight excluding hydrogens is 192 g/mol. The minimum atomic E-state index is -2.35. The van der Waals surface area contributed by atoms with Gasteiger partial charge in [-0.25, -0.2) is 0 Å². The van der Waals surface area contributed by atoms with E-state index in [0.717, 1.165) is 23.2 Å². The van der Waals surface area contributed by atoms with Crippen LogP contribution in [-0.2, 0) is 6.42 Å². The average molecular weight is 205 g/mol. The summed E-state index contributed by atoms with van der Waals surface area (Å²) in [6.07, 6.45) is 0.887. The fraction of sp³-hybridized carbons (Fsp3) is 0.556. The second-order valence-electron chi connectivity index (χ2n) is 2.91. The highest BCUT2D eigenvalue weighted by Gasteiger charge is 2.14. The Hall–Kier alpha value is -0.510. The van der Waals surface area contributed by atoms with Gasteiger partial charge < -0.3 is 4.98 Å². The Labute approximate surface area is 80.9 Å². The molecule has 13 heavy (non-hydrogen) atoms. The minimum absolute atomic E-state index is 0.587. The highest BCUT2D eigenvalue weighted by molar-refractivity contribution is 7.99. The number of nitrogens with one attached hydrogen (secondary N) is 1. The molecular formula is C9H13F2NS. The van der Waals surface area contributed by atoms with Gasteiger partial charge in [-0.3, -0.25) is 0 Å². The van der Waals surface area contributed by atoms with Crippen molar-refractivity contribution in [2.24, 2.45) is 0 Å². The second-order valence-corrected chi connectivity index (χ2v) is 3.92. The van der Waals surface area contributed by atoms with Crippen molar-refractivity contribution in [3.8, 4) is 0 Å². The van der Waals surface area contributed by atoms with E-state index < -0.39 is 5.76 Å². The lowest BCUT2D eigenvalue weighted by molar-refractivity contribution is 0.252. The molecule has 74 valence electrons. The van der Waals surface area contributed by atoms with E-state index in [1.165, 1.54) is 0 Å². The third-order valence-electron chi connectivity index (χ3n) is 2.11. The molecule has 0 fully saturated rings. The predicted molar refractivity (Wildman–Crippen MR) is 51.5 cm³/mol. The van der Waals surface area contributed by atoms with Crippen molar-refractivity contribution in [1.82, 2.24) is 4.98 Å². The van der Waals surface area contributed by atoms with Gasteiger partial charge in [0, 0.05) is 5.69 Å². The topological polar surface area (TPSA) is 15.8 Å². The van der Waals surface area contributed by atoms with Crippen molar-refractivity contribution in [2.75, 3.05) is 0 Å². The molecule has 1 heterocycles. The lowest BCUT2D eigenvalue weighted by Crippen LogP contribution is -1.85. The van der Waals surface area contributed by atoms with Crippen LogP contribution in [0.15, 0.2) is 5.03 Å². The van der Waals surface area contributed by atoms with Crippen LogP contribution in [0.5, 0.6) is 0 Å². The second kappa shape index (κ2) is 4.13. The molecule has 1 N–H and O–H groups in total. The number of rotatable bonds is 3. The molecule has 0 aromatic carbocycles. The van der Waals surface area contributed by atoms with Crippen molar-refractivity contribution < 1.29 is 8.78 Å². The summed E-state index contributed by atoms with van der Waals surface area (Å²) < 4.78 is 24.2. The lowest BCUT2D eigenvalue weighted by atomic mass is 10.1. The van der Waals surface area contributed by atoms with Crippen LogP contribution in [0.25, 0.3) is 0 Å². The van der Waals surface area contributed by atoms with Crippen LogP contribution < -0.4 is 0 Å². The Kier molecular flexibility index (Phi) is 3.36. The van der Waals surface area contributed by atoms with E-state index in [0.29, 0.717) is 16.8 Å². The van der Waals surface area contributed by atoms with Gasteiger partial charge >= 0.3 is 0 Å². The highest BCUT2D eigenvalue weighted by atomic mass is 32.2. The predicted octanol–water partition coefficient (Wildman–Crippen LogP) is 3.51. The van der Waals surface area contributed by atoms with Crippen molar-refractivity contribution in [3.05, 3.63) is 16.8 Å². The fourth-order valence-electron chi connectivity index (χ4n) is 1.50. The van der Waals surface area contributed by atoms with Crippen LogP contribution in [0, 0.1) is 13.8 Å². The van der Waals surface area contributed by atoms with Gasteiger partial charge in [-0.15, -0.1) is 0 Å². The number of H-pyrrole nitrogens is 1. The van der Waals surface area contributed by atoms with Crippen molar-refractivity contribution in [1.29, 1.82) is 0 Å². The molecule has 0 amide bonds. The summed E-state index contributed by atoms with van der Waals surface area (Å²) in [4.78, 5) is 2.98. The maximum Gasteiger partial charge on any atom is 0.290 e. The molecule has 0 radical (unpaired) electrons. The monoisotopic (exact) mass is 205 g/mol. The number of alkyl halides is 2. The smallest absolute Gasteiger partial charge is 0.290 e. The number of aromatic nitrogens is 1. The zero-order valence-electron chi connectivity index (χ0n) is 7.95. The Morgan fingerprint density at radius 2 is 2.00 bits per heavy atom. The number of hydrogen-bond donors (Lipinski definition) is 1. The average Bonchev–Trinajstić information content (AvgIpc) is 2.26. The molecule has 4 heteroatoms. The van der Waals surface area contributed by atoms with Crippen molar-refractivity contribution >= 4 is 11.8 Å². The maximum absolute atomic E-state index is 12.1. The Balaban J connectivity index is 2.96. The molecule has 0 aliphatic carbocycles. The summed E-state index contributed by atoms with van der Waals surface area (Å²) >= 11 is 0.587. The van der Waals surface area contributed by atoms with Crippen LogP contribution in [0.1, 0.15) is 23.7 Å². The fourth-order valence-corrected chi connectivity index (χ4v) is 2.19. The van der Waals surface area contributed by atoms with Gasteiger partial charge in [0.05, 0.1) is 5.03 Å². The Morgan fingerprint density at radius 1 is 1.38 bits per heavy atom. The van der Waals surface area contributed by atoms with Gasteiger partial charge in [0.1, 0.15) is 0 Å². The molecule has 1 aromatic rings. The third-order valence-corrected chi connectivity index (χ3v) is 2.93. The van der Waals surface area contributed by atoms with Crippen molar-refractivity contribution in [2.45, 2.75) is 38.0 Å². The highest BCUT2D eigenvalue weighted by Crippen LogP contribution is 2.30. The zero-order chi connectivity index (χ0) is 10.0. The van der Waals surface area contributed by atoms with Gasteiger partial charge in [-0.1, -0.05) is 6.92 Å². The van der Waals surface area contributed by atoms with Crippen LogP contribution >= 0.6 is 11.8 Å². The largest absolute Gasteiger partial charge is 0.353 e. The number of aromatic amines is 1. The SMILES string of the molecule is CCc1c(C)[nH]c(SC(F)F)c1C. The minimum Gasteiger partial charge on any atom is -0.353 e. The van der Waals surface area contributed by atoms with Crippen LogP contribution in [0.3, 0.4) is 0 Å². The number of aryl methyl sites for hydroxylation is 1. The maximum atomic E-state index is 12.1. The van der Waals surface area contributed by atoms with Crippen molar-refractivity contribution in [3.63, 3.8) is 0 Å². The van der Waals surface area contributed by atoms with Gasteiger partial charge in [0.15, 0.2) is 0 Å². The number of halogens is 2. The van der Waals surface area contributed by atoms with Gasteiger partial charge in [0.25, 0.3) is 5.76 Å². The molecule has 0 aliphatic rings. The summed E-state index contributed by atoms with van der Waals surface area (Å²) in [6, 6.07) is 0. The lowest BCUT2D eigenvalue weighted by Gasteiger charge is -1.98. The first-order valence-electron chi connectivity index (χ1n) is 4.19. The molecule has 1 nitrogen and oxygen atoms in total. The first-order valence-corrected chi connectivity index (χ1v) is 5.07. The quantitative estimate of drug-likeness (QED) is 0.747. The molecule has 0 saturated carbocycles. The van der Waals surface area contributed by atoms with E-state index in [1.807, 2.05) is 20.8 Å². The third kappa shape index (κ3) is 2.24. The molecule has 0 aliphatic heterocycles. The van der Waals surface area contributed by atoms with E-state index in [2.05, 4.69) is 4.98 Å². The summed E-state index contributed by atoms with van der Waals surface area (Å²) in [5, 5.41) is 0.601. The standard InChI is InChI=1S/C9H13F2NS/c1-4-7-5(2)8(12-6(7)3)13-9(10)11/h9,12H,4H2,1-3H3. The molecule has 0 saturated heterocycles. The molecule has 0 unspecified atom stereocenters. The number of thioether (sulfide) groups is 1. The summed E-state index contributed by atoms with van der Waals surface area (Å²) in [6.45, 7) is 5.83. The van der Waals surface area contributed by atoms with Crippen LogP contribution in [0.4, 0.5) is 8.78 Å². The van der Waals surface area contributed by atoms with Gasteiger partial charge in [-0.05, 0) is 43.2 Å². The number of hydrogen-bond acceptors (Lipinski definition) is 1. The first kappa shape index (κ1) is 10.6. The van der Waals surface area contributed by atoms with Crippen LogP contribution in [-0.4, -0.2) is 10.7 Å². The summed E-state index contributed by atoms with van der Waals surface area (Å²) in [5.74, 6) is -2.35. The normalized spacial score (nSPS) is 11.2. The molecule has 0 bridgehead atoms. The molecule has 0 atom stereocenters. The van der Waals surface area contributed by atoms with E-state index >= 15 is 0 Å². The summed E-state index contributed by atoms with van der Waals surface area (Å²) in [5.41, 5.74) is 3.12. The van der Waals surface area contributed by atoms with E-state index in [-0.39, 0.29) is 0 Å². The van der Waals surface area contributed by atoms with Gasteiger partial charge in [0.2, 0.25) is 0 Å². The van der Waals surface area contributed by atoms with E-state index in [9.17, 15) is 8.78 Å². The van der Waals surface area contributed by atoms with Crippen LogP contribution in [0.2, 0.25) is 0 Å². The van der Waals surface area contributed by atoms with E-state index in [4.69, 9.17) is 0 Å². The Bertz CT molecular complexity index is 294. The molecule has 1 rings (SSSR count). The van der Waals surface area contributed by atoms with E-state index in [1.54, 1.807) is 0 Å². The Morgan fingerprint density at radius 3 is 2.38 bits per heavy atom. The first-order chi connectivity index (χ1) is 6.06. The summed E-state index contributed by atoms with van der Waals surface area (Å²) in [7, 11) is 0. The van der Waals surface area contributed by atoms with Gasteiger partial charge in [-0.2, -0.15) is 8.78 Å².